The molecule has 0 bridgehead atoms. The Kier molecular flexibility index (Phi) is 3.77. The highest BCUT2D eigenvalue weighted by Crippen LogP contribution is 2.31. The third kappa shape index (κ3) is 2.52. The molecule has 0 saturated carbocycles. The molecule has 15 heavy (non-hydrogen) atoms. The van der Waals surface area contributed by atoms with Gasteiger partial charge in [-0.1, -0.05) is 0 Å². The van der Waals surface area contributed by atoms with Crippen LogP contribution in [0.15, 0.2) is 6.07 Å². The highest BCUT2D eigenvalue weighted by atomic mass is 127. The predicted molar refractivity (Wildman–Crippen MR) is 55.4 cm³/mol. The summed E-state index contributed by atoms with van der Waals surface area (Å²) in [6.07, 6.45) is -2.87. The Balaban J connectivity index is 3.38. The summed E-state index contributed by atoms with van der Waals surface area (Å²) in [6, 6.07) is 1.17. The van der Waals surface area contributed by atoms with Gasteiger partial charge in [0.2, 0.25) is 0 Å². The van der Waals surface area contributed by atoms with Gasteiger partial charge >= 0.3 is 5.97 Å². The summed E-state index contributed by atoms with van der Waals surface area (Å²) in [7, 11) is 1.23. The summed E-state index contributed by atoms with van der Waals surface area (Å²) in [5.41, 5.74) is -1.07. The normalized spacial score (nSPS) is 10.5. The van der Waals surface area contributed by atoms with E-state index < -0.39 is 23.8 Å². The third-order valence-corrected chi connectivity index (χ3v) is 2.39. The molecule has 4 nitrogen and oxygen atoms in total. The van der Waals surface area contributed by atoms with E-state index in [1.165, 1.54) is 13.2 Å². The van der Waals surface area contributed by atoms with Crippen LogP contribution in [0.25, 0.3) is 0 Å². The van der Waals surface area contributed by atoms with Gasteiger partial charge in [-0.25, -0.2) is 18.6 Å². The third-order valence-electron chi connectivity index (χ3n) is 1.58. The van der Waals surface area contributed by atoms with Crippen molar-refractivity contribution in [3.8, 4) is 5.75 Å². The van der Waals surface area contributed by atoms with Crippen LogP contribution in [0.1, 0.15) is 22.6 Å². The molecular weight excluding hydrogens is 323 g/mol. The quantitative estimate of drug-likeness (QED) is 0.865. The van der Waals surface area contributed by atoms with Gasteiger partial charge in [0, 0.05) is 0 Å². The van der Waals surface area contributed by atoms with Gasteiger partial charge in [-0.2, -0.15) is 0 Å². The summed E-state index contributed by atoms with van der Waals surface area (Å²) in [5.74, 6) is -1.44. The first-order chi connectivity index (χ1) is 6.97. The summed E-state index contributed by atoms with van der Waals surface area (Å²) in [5, 5.41) is 8.63. The molecule has 1 heterocycles. The molecule has 0 unspecified atom stereocenters. The summed E-state index contributed by atoms with van der Waals surface area (Å²) in [4.78, 5) is 13.9. The first-order valence-corrected chi connectivity index (χ1v) is 4.81. The second-order valence-corrected chi connectivity index (χ2v) is 3.68. The molecule has 0 fully saturated rings. The summed E-state index contributed by atoms with van der Waals surface area (Å²) >= 11 is 1.72. The zero-order chi connectivity index (χ0) is 11.6. The molecule has 82 valence electrons. The van der Waals surface area contributed by atoms with Crippen LogP contribution in [-0.4, -0.2) is 23.2 Å². The summed E-state index contributed by atoms with van der Waals surface area (Å²) < 4.78 is 30.0. The van der Waals surface area contributed by atoms with Crippen LogP contribution in [-0.2, 0) is 0 Å². The fourth-order valence-electron chi connectivity index (χ4n) is 0.980. The number of hydrogen-bond acceptors (Lipinski definition) is 3. The second kappa shape index (κ2) is 4.69. The Hall–Kier alpha value is -0.990. The van der Waals surface area contributed by atoms with Crippen molar-refractivity contribution in [2.75, 3.05) is 7.11 Å². The molecule has 1 aromatic rings. The van der Waals surface area contributed by atoms with E-state index in [9.17, 15) is 13.6 Å². The number of aromatic nitrogens is 1. The standard InChI is InChI=1S/C8H6F2INO3/c1-15-6-3(11)2-4(8(13)14)12-5(6)7(9)10/h2,7H,1H3,(H,13,14). The molecule has 0 amide bonds. The van der Waals surface area contributed by atoms with Crippen molar-refractivity contribution in [2.24, 2.45) is 0 Å². The maximum atomic E-state index is 12.5. The molecule has 0 aliphatic carbocycles. The highest BCUT2D eigenvalue weighted by molar-refractivity contribution is 14.1. The van der Waals surface area contributed by atoms with E-state index in [1.807, 2.05) is 0 Å². The molecule has 0 aromatic carbocycles. The Labute approximate surface area is 97.4 Å². The molecule has 0 spiro atoms. The van der Waals surface area contributed by atoms with Gasteiger partial charge in [-0.15, -0.1) is 0 Å². The molecule has 0 saturated heterocycles. The van der Waals surface area contributed by atoms with E-state index in [2.05, 4.69) is 4.98 Å². The van der Waals surface area contributed by atoms with E-state index in [0.29, 0.717) is 0 Å². The summed E-state index contributed by atoms with van der Waals surface area (Å²) in [6.45, 7) is 0. The van der Waals surface area contributed by atoms with Crippen LogP contribution in [0.3, 0.4) is 0 Å². The molecule has 1 aromatic heterocycles. The average molecular weight is 329 g/mol. The van der Waals surface area contributed by atoms with Crippen LogP contribution in [0.4, 0.5) is 8.78 Å². The topological polar surface area (TPSA) is 59.4 Å². The molecular formula is C8H6F2INO3. The van der Waals surface area contributed by atoms with Crippen LogP contribution >= 0.6 is 22.6 Å². The molecule has 0 aliphatic rings. The lowest BCUT2D eigenvalue weighted by molar-refractivity contribution is 0.0688. The zero-order valence-electron chi connectivity index (χ0n) is 7.50. The minimum Gasteiger partial charge on any atom is -0.493 e. The molecule has 0 atom stereocenters. The number of ether oxygens (including phenoxy) is 1. The van der Waals surface area contributed by atoms with Crippen LogP contribution in [0, 0.1) is 3.57 Å². The number of carbonyl (C=O) groups is 1. The van der Waals surface area contributed by atoms with Crippen molar-refractivity contribution in [1.82, 2.24) is 4.98 Å². The van der Waals surface area contributed by atoms with Crippen LogP contribution < -0.4 is 4.74 Å². The Bertz CT molecular complexity index is 398. The van der Waals surface area contributed by atoms with Crippen molar-refractivity contribution in [3.63, 3.8) is 0 Å². The lowest BCUT2D eigenvalue weighted by Crippen LogP contribution is -2.07. The van der Waals surface area contributed by atoms with E-state index in [4.69, 9.17) is 9.84 Å². The first kappa shape index (κ1) is 12.1. The number of hydrogen-bond donors (Lipinski definition) is 1. The van der Waals surface area contributed by atoms with Gasteiger partial charge in [0.25, 0.3) is 6.43 Å². The van der Waals surface area contributed by atoms with Gasteiger partial charge in [0.15, 0.2) is 11.4 Å². The van der Waals surface area contributed by atoms with E-state index in [1.54, 1.807) is 22.6 Å². The molecule has 0 aliphatic heterocycles. The predicted octanol–water partition coefficient (Wildman–Crippen LogP) is 2.33. The van der Waals surface area contributed by atoms with E-state index in [0.717, 1.165) is 0 Å². The van der Waals surface area contributed by atoms with Crippen molar-refractivity contribution < 1.29 is 23.4 Å². The van der Waals surface area contributed by atoms with Gasteiger partial charge in [-0.05, 0) is 28.7 Å². The van der Waals surface area contributed by atoms with Gasteiger partial charge in [0.1, 0.15) is 5.69 Å². The maximum absolute atomic E-state index is 12.5. The second-order valence-electron chi connectivity index (χ2n) is 2.51. The number of alkyl halides is 2. The van der Waals surface area contributed by atoms with Crippen LogP contribution in [0.2, 0.25) is 0 Å². The zero-order valence-corrected chi connectivity index (χ0v) is 9.66. The first-order valence-electron chi connectivity index (χ1n) is 3.73. The number of carboxylic acid groups (broad SMARTS) is 1. The monoisotopic (exact) mass is 329 g/mol. The smallest absolute Gasteiger partial charge is 0.354 e. The number of halogens is 3. The Morgan fingerprint density at radius 3 is 2.67 bits per heavy atom. The number of nitrogens with zero attached hydrogens (tertiary/aromatic N) is 1. The minimum absolute atomic E-state index is 0.0874. The van der Waals surface area contributed by atoms with Crippen LogP contribution in [0.5, 0.6) is 5.75 Å². The Morgan fingerprint density at radius 2 is 2.27 bits per heavy atom. The molecule has 1 N–H and O–H groups in total. The largest absolute Gasteiger partial charge is 0.493 e. The Morgan fingerprint density at radius 1 is 1.67 bits per heavy atom. The number of carboxylic acids is 1. The van der Waals surface area contributed by atoms with Crippen molar-refractivity contribution in [2.45, 2.75) is 6.43 Å². The van der Waals surface area contributed by atoms with E-state index in [-0.39, 0.29) is 9.32 Å². The van der Waals surface area contributed by atoms with Gasteiger partial charge in [0.05, 0.1) is 10.7 Å². The minimum atomic E-state index is -2.87. The van der Waals surface area contributed by atoms with Gasteiger partial charge < -0.3 is 9.84 Å². The number of aromatic carboxylic acids is 1. The molecule has 7 heteroatoms. The SMILES string of the molecule is COc1c(I)cc(C(=O)O)nc1C(F)F. The van der Waals surface area contributed by atoms with Crippen molar-refractivity contribution >= 4 is 28.6 Å². The van der Waals surface area contributed by atoms with Crippen molar-refractivity contribution in [3.05, 3.63) is 21.0 Å². The fourth-order valence-corrected chi connectivity index (χ4v) is 1.77. The maximum Gasteiger partial charge on any atom is 0.354 e. The van der Waals surface area contributed by atoms with Gasteiger partial charge in [-0.3, -0.25) is 0 Å². The number of rotatable bonds is 3. The number of pyridine rings is 1. The fraction of sp³-hybridized carbons (Fsp3) is 0.250. The van der Waals surface area contributed by atoms with E-state index >= 15 is 0 Å². The highest BCUT2D eigenvalue weighted by Gasteiger charge is 2.21. The van der Waals surface area contributed by atoms with Crippen molar-refractivity contribution in [1.29, 1.82) is 0 Å². The lowest BCUT2D eigenvalue weighted by Gasteiger charge is -2.09. The molecule has 1 rings (SSSR count). The lowest BCUT2D eigenvalue weighted by atomic mass is 10.3. The average Bonchev–Trinajstić information content (AvgIpc) is 2.16. The number of methoxy groups -OCH3 is 1. The molecule has 0 radical (unpaired) electrons.